The van der Waals surface area contributed by atoms with E-state index in [1.54, 1.807) is 0 Å². The lowest BCUT2D eigenvalue weighted by Gasteiger charge is -2.40. The van der Waals surface area contributed by atoms with Gasteiger partial charge in [0.25, 0.3) is 0 Å². The molecule has 0 N–H and O–H groups in total. The van der Waals surface area contributed by atoms with Gasteiger partial charge in [-0.25, -0.2) is 0 Å². The van der Waals surface area contributed by atoms with Gasteiger partial charge < -0.3 is 4.90 Å². The van der Waals surface area contributed by atoms with Gasteiger partial charge >= 0.3 is 0 Å². The van der Waals surface area contributed by atoms with E-state index in [0.717, 1.165) is 25.3 Å². The predicted molar refractivity (Wildman–Crippen MR) is 80.5 cm³/mol. The Balaban J connectivity index is 1.48. The van der Waals surface area contributed by atoms with E-state index in [0.29, 0.717) is 24.4 Å². The Hall–Kier alpha value is -1.42. The molecule has 0 bridgehead atoms. The minimum Gasteiger partial charge on any atom is -0.334 e. The van der Waals surface area contributed by atoms with Gasteiger partial charge in [-0.3, -0.25) is 14.7 Å². The molecule has 1 amide bonds. The number of rotatable bonds is 4. The van der Waals surface area contributed by atoms with Crippen LogP contribution in [0.15, 0.2) is 24.5 Å². The van der Waals surface area contributed by atoms with Crippen molar-refractivity contribution >= 4 is 5.91 Å². The summed E-state index contributed by atoms with van der Waals surface area (Å²) in [5.41, 5.74) is 1.19. The first kappa shape index (κ1) is 13.3. The molecule has 0 aromatic carbocycles. The number of pyridine rings is 1. The molecule has 1 aromatic rings. The van der Waals surface area contributed by atoms with Crippen LogP contribution >= 0.6 is 0 Å². The average Bonchev–Trinajstić information content (AvgIpc) is 3.23. The minimum absolute atomic E-state index is 0.335. The molecule has 3 heterocycles. The van der Waals surface area contributed by atoms with Crippen LogP contribution in [0.2, 0.25) is 0 Å². The number of amides is 1. The van der Waals surface area contributed by atoms with Gasteiger partial charge in [0.1, 0.15) is 0 Å². The summed E-state index contributed by atoms with van der Waals surface area (Å²) in [5, 5.41) is 0. The van der Waals surface area contributed by atoms with Crippen molar-refractivity contribution < 1.29 is 4.79 Å². The minimum atomic E-state index is 0.335. The molecule has 2 aliphatic heterocycles. The second-order valence-electron chi connectivity index (χ2n) is 6.78. The van der Waals surface area contributed by atoms with E-state index in [1.807, 2.05) is 24.5 Å². The summed E-state index contributed by atoms with van der Waals surface area (Å²) in [4.78, 5) is 21.2. The second-order valence-corrected chi connectivity index (χ2v) is 6.78. The van der Waals surface area contributed by atoms with Crippen LogP contribution in [-0.4, -0.2) is 45.9 Å². The van der Waals surface area contributed by atoms with Crippen molar-refractivity contribution in [1.82, 2.24) is 14.8 Å². The van der Waals surface area contributed by atoms with Gasteiger partial charge in [0.05, 0.1) is 0 Å². The van der Waals surface area contributed by atoms with Gasteiger partial charge in [-0.15, -0.1) is 0 Å². The summed E-state index contributed by atoms with van der Waals surface area (Å²) in [5.74, 6) is 1.27. The standard InChI is InChI=1S/C17H23N3O/c21-17-4-3-15-16(7-10-19(15)11-13-1-2-13)20(17)12-14-5-8-18-9-6-14/h5-6,8-9,13,15-16H,1-4,7,10-12H2/t15-,16-/m1/s1. The normalized spacial score (nSPS) is 29.7. The van der Waals surface area contributed by atoms with Crippen LogP contribution in [0, 0.1) is 5.92 Å². The van der Waals surface area contributed by atoms with Crippen molar-refractivity contribution in [2.45, 2.75) is 50.7 Å². The zero-order valence-corrected chi connectivity index (χ0v) is 12.4. The zero-order chi connectivity index (χ0) is 14.2. The number of likely N-dealkylation sites (tertiary alicyclic amines) is 2. The lowest BCUT2D eigenvalue weighted by atomic mass is 9.95. The van der Waals surface area contributed by atoms with Crippen molar-refractivity contribution in [3.05, 3.63) is 30.1 Å². The number of carbonyl (C=O) groups excluding carboxylic acids is 1. The summed E-state index contributed by atoms with van der Waals surface area (Å²) in [6, 6.07) is 5.07. The van der Waals surface area contributed by atoms with E-state index in [2.05, 4.69) is 14.8 Å². The molecule has 1 saturated carbocycles. The Morgan fingerprint density at radius 1 is 1.10 bits per heavy atom. The molecule has 3 aliphatic rings. The van der Waals surface area contributed by atoms with Gasteiger partial charge in [-0.05, 0) is 49.3 Å². The number of carbonyl (C=O) groups is 1. The molecule has 4 nitrogen and oxygen atoms in total. The third kappa shape index (κ3) is 2.69. The molecule has 4 rings (SSSR count). The lowest BCUT2D eigenvalue weighted by Crippen LogP contribution is -2.52. The van der Waals surface area contributed by atoms with Gasteiger partial charge in [0.15, 0.2) is 0 Å². The van der Waals surface area contributed by atoms with E-state index in [1.165, 1.54) is 31.5 Å². The van der Waals surface area contributed by atoms with Crippen LogP contribution in [0.25, 0.3) is 0 Å². The van der Waals surface area contributed by atoms with Crippen molar-refractivity contribution in [2.24, 2.45) is 5.92 Å². The molecule has 0 radical (unpaired) electrons. The molecular formula is C17H23N3O. The summed E-state index contributed by atoms with van der Waals surface area (Å²) in [6.07, 6.45) is 9.37. The highest BCUT2D eigenvalue weighted by molar-refractivity contribution is 5.77. The van der Waals surface area contributed by atoms with E-state index in [9.17, 15) is 4.79 Å². The van der Waals surface area contributed by atoms with Crippen LogP contribution in [-0.2, 0) is 11.3 Å². The smallest absolute Gasteiger partial charge is 0.223 e. The molecule has 2 atom stereocenters. The van der Waals surface area contributed by atoms with Crippen LogP contribution in [0.4, 0.5) is 0 Å². The highest BCUT2D eigenvalue weighted by atomic mass is 16.2. The first-order valence-electron chi connectivity index (χ1n) is 8.23. The monoisotopic (exact) mass is 285 g/mol. The number of piperidine rings is 1. The Labute approximate surface area is 126 Å². The molecule has 1 aliphatic carbocycles. The fraction of sp³-hybridized carbons (Fsp3) is 0.647. The van der Waals surface area contributed by atoms with Crippen LogP contribution in [0.5, 0.6) is 0 Å². The van der Waals surface area contributed by atoms with Crippen molar-refractivity contribution in [1.29, 1.82) is 0 Å². The van der Waals surface area contributed by atoms with Crippen LogP contribution in [0.3, 0.4) is 0 Å². The van der Waals surface area contributed by atoms with Gasteiger partial charge in [-0.1, -0.05) is 0 Å². The SMILES string of the molecule is O=C1CC[C@@H]2[C@@H](CCN2CC2CC2)N1Cc1ccncc1. The highest BCUT2D eigenvalue weighted by Crippen LogP contribution is 2.37. The third-order valence-electron chi connectivity index (χ3n) is 5.29. The molecular weight excluding hydrogens is 262 g/mol. The third-order valence-corrected chi connectivity index (χ3v) is 5.29. The van der Waals surface area contributed by atoms with Crippen LogP contribution < -0.4 is 0 Å². The second kappa shape index (κ2) is 5.41. The van der Waals surface area contributed by atoms with Crippen LogP contribution in [0.1, 0.15) is 37.7 Å². The zero-order valence-electron chi connectivity index (χ0n) is 12.4. The van der Waals surface area contributed by atoms with Gasteiger partial charge in [-0.2, -0.15) is 0 Å². The summed E-state index contributed by atoms with van der Waals surface area (Å²) in [7, 11) is 0. The van der Waals surface area contributed by atoms with Gasteiger partial charge in [0.2, 0.25) is 5.91 Å². The van der Waals surface area contributed by atoms with E-state index in [4.69, 9.17) is 0 Å². The quantitative estimate of drug-likeness (QED) is 0.849. The Bertz CT molecular complexity index is 514. The molecule has 4 heteroatoms. The maximum Gasteiger partial charge on any atom is 0.223 e. The fourth-order valence-electron chi connectivity index (χ4n) is 3.99. The van der Waals surface area contributed by atoms with E-state index < -0.39 is 0 Å². The maximum atomic E-state index is 12.4. The highest BCUT2D eigenvalue weighted by Gasteiger charge is 2.44. The van der Waals surface area contributed by atoms with Crippen molar-refractivity contribution in [3.8, 4) is 0 Å². The number of aromatic nitrogens is 1. The molecule has 0 unspecified atom stereocenters. The first-order valence-corrected chi connectivity index (χ1v) is 8.23. The van der Waals surface area contributed by atoms with E-state index >= 15 is 0 Å². The molecule has 3 fully saturated rings. The number of nitrogens with zero attached hydrogens (tertiary/aromatic N) is 3. The molecule has 112 valence electrons. The summed E-state index contributed by atoms with van der Waals surface area (Å²) >= 11 is 0. The van der Waals surface area contributed by atoms with Gasteiger partial charge in [0, 0.05) is 50.5 Å². The topological polar surface area (TPSA) is 36.4 Å². The predicted octanol–water partition coefficient (Wildman–Crippen LogP) is 2.06. The molecule has 21 heavy (non-hydrogen) atoms. The molecule has 0 spiro atoms. The average molecular weight is 285 g/mol. The Morgan fingerprint density at radius 3 is 2.67 bits per heavy atom. The summed E-state index contributed by atoms with van der Waals surface area (Å²) < 4.78 is 0. The van der Waals surface area contributed by atoms with E-state index in [-0.39, 0.29) is 0 Å². The Morgan fingerprint density at radius 2 is 1.90 bits per heavy atom. The Kier molecular flexibility index (Phi) is 3.42. The number of hydrogen-bond acceptors (Lipinski definition) is 3. The number of fused-ring (bicyclic) bond motifs is 1. The maximum absolute atomic E-state index is 12.4. The molecule has 1 aromatic heterocycles. The summed E-state index contributed by atoms with van der Waals surface area (Å²) in [6.45, 7) is 3.18. The van der Waals surface area contributed by atoms with Crippen molar-refractivity contribution in [3.63, 3.8) is 0 Å². The lowest BCUT2D eigenvalue weighted by molar-refractivity contribution is -0.138. The largest absolute Gasteiger partial charge is 0.334 e. The van der Waals surface area contributed by atoms with Crippen molar-refractivity contribution in [2.75, 3.05) is 13.1 Å². The first-order chi connectivity index (χ1) is 10.3. The fourth-order valence-corrected chi connectivity index (χ4v) is 3.99. The number of hydrogen-bond donors (Lipinski definition) is 0. The molecule has 2 saturated heterocycles.